The van der Waals surface area contributed by atoms with Crippen molar-refractivity contribution in [3.8, 4) is 0 Å². The minimum absolute atomic E-state index is 0.162. The molecule has 13 heavy (non-hydrogen) atoms. The molecule has 3 N–H and O–H groups in total. The van der Waals surface area contributed by atoms with Gasteiger partial charge in [0, 0.05) is 6.54 Å². The van der Waals surface area contributed by atoms with Crippen molar-refractivity contribution < 1.29 is 10.2 Å². The van der Waals surface area contributed by atoms with Gasteiger partial charge in [-0.25, -0.2) is 0 Å². The summed E-state index contributed by atoms with van der Waals surface area (Å²) in [5.74, 6) is 0. The first-order chi connectivity index (χ1) is 6.16. The van der Waals surface area contributed by atoms with Gasteiger partial charge in [0.25, 0.3) is 0 Å². The van der Waals surface area contributed by atoms with E-state index in [-0.39, 0.29) is 6.61 Å². The molecule has 0 saturated heterocycles. The number of aliphatic hydroxyl groups excluding tert-OH is 2. The summed E-state index contributed by atoms with van der Waals surface area (Å²) in [6.07, 6.45) is 1.65. The lowest BCUT2D eigenvalue weighted by Gasteiger charge is -2.10. The van der Waals surface area contributed by atoms with Crippen molar-refractivity contribution in [3.63, 3.8) is 0 Å². The highest BCUT2D eigenvalue weighted by molar-refractivity contribution is 4.57. The second-order valence-corrected chi connectivity index (χ2v) is 3.55. The van der Waals surface area contributed by atoms with Crippen LogP contribution >= 0.6 is 0 Å². The van der Waals surface area contributed by atoms with Crippen molar-refractivity contribution >= 4 is 0 Å². The fraction of sp³-hybridized carbons (Fsp3) is 1.00. The second-order valence-electron chi connectivity index (χ2n) is 3.55. The van der Waals surface area contributed by atoms with E-state index in [1.807, 2.05) is 0 Å². The summed E-state index contributed by atoms with van der Waals surface area (Å²) >= 11 is 0. The molecule has 0 bridgehead atoms. The predicted molar refractivity (Wildman–Crippen MR) is 53.8 cm³/mol. The number of unbranched alkanes of at least 4 members (excludes halogenated alkanes) is 1. The van der Waals surface area contributed by atoms with Crippen LogP contribution in [0.15, 0.2) is 0 Å². The molecular weight excluding hydrogens is 168 g/mol. The van der Waals surface area contributed by atoms with Gasteiger partial charge in [0.2, 0.25) is 0 Å². The van der Waals surface area contributed by atoms with Crippen LogP contribution in [0.1, 0.15) is 12.8 Å². The van der Waals surface area contributed by atoms with E-state index in [0.717, 1.165) is 25.9 Å². The highest BCUT2D eigenvalue weighted by atomic mass is 16.3. The summed E-state index contributed by atoms with van der Waals surface area (Å²) in [5.41, 5.74) is 0. The third-order valence-corrected chi connectivity index (χ3v) is 1.80. The van der Waals surface area contributed by atoms with Crippen molar-refractivity contribution in [1.82, 2.24) is 10.2 Å². The van der Waals surface area contributed by atoms with E-state index in [4.69, 9.17) is 10.2 Å². The third kappa shape index (κ3) is 9.76. The third-order valence-electron chi connectivity index (χ3n) is 1.80. The van der Waals surface area contributed by atoms with Gasteiger partial charge in [-0.2, -0.15) is 0 Å². The van der Waals surface area contributed by atoms with Crippen LogP contribution < -0.4 is 5.32 Å². The van der Waals surface area contributed by atoms with E-state index in [1.165, 1.54) is 0 Å². The molecule has 4 nitrogen and oxygen atoms in total. The van der Waals surface area contributed by atoms with E-state index in [1.54, 1.807) is 0 Å². The van der Waals surface area contributed by atoms with Gasteiger partial charge in [-0.1, -0.05) is 0 Å². The largest absolute Gasteiger partial charge is 0.394 e. The van der Waals surface area contributed by atoms with E-state index >= 15 is 0 Å². The summed E-state index contributed by atoms with van der Waals surface area (Å²) in [5, 5.41) is 20.6. The van der Waals surface area contributed by atoms with Gasteiger partial charge in [-0.05, 0) is 40.0 Å². The standard InChI is InChI=1S/C9H22N2O2/c1-11(2)6-4-3-5-10-7-9(13)8-12/h9-10,12-13H,3-8H2,1-2H3/t9-/m0/s1. The van der Waals surface area contributed by atoms with Crippen molar-refractivity contribution in [2.75, 3.05) is 40.3 Å². The SMILES string of the molecule is CN(C)CCCCNC[C@H](O)CO. The quantitative estimate of drug-likeness (QED) is 0.442. The Bertz CT molecular complexity index is 110. The number of rotatable bonds is 8. The molecule has 0 aromatic heterocycles. The number of hydrogen-bond acceptors (Lipinski definition) is 4. The Hall–Kier alpha value is -0.160. The van der Waals surface area contributed by atoms with Gasteiger partial charge in [-0.15, -0.1) is 0 Å². The maximum Gasteiger partial charge on any atom is 0.0894 e. The molecule has 0 aromatic carbocycles. The molecule has 1 atom stereocenters. The number of nitrogens with zero attached hydrogens (tertiary/aromatic N) is 1. The van der Waals surface area contributed by atoms with E-state index in [9.17, 15) is 0 Å². The molecule has 80 valence electrons. The zero-order valence-corrected chi connectivity index (χ0v) is 8.66. The first-order valence-corrected chi connectivity index (χ1v) is 4.81. The van der Waals surface area contributed by atoms with E-state index in [2.05, 4.69) is 24.3 Å². The van der Waals surface area contributed by atoms with Crippen molar-refractivity contribution in [2.45, 2.75) is 18.9 Å². The summed E-state index contributed by atoms with van der Waals surface area (Å²) in [7, 11) is 4.12. The van der Waals surface area contributed by atoms with Crippen LogP contribution in [0, 0.1) is 0 Å². The minimum Gasteiger partial charge on any atom is -0.394 e. The van der Waals surface area contributed by atoms with Gasteiger partial charge in [-0.3, -0.25) is 0 Å². The first kappa shape index (κ1) is 12.8. The summed E-state index contributed by atoms with van der Waals surface area (Å²) in [4.78, 5) is 2.16. The highest BCUT2D eigenvalue weighted by Gasteiger charge is 1.99. The molecule has 0 aliphatic carbocycles. The van der Waals surface area contributed by atoms with Gasteiger partial charge in [0.15, 0.2) is 0 Å². The molecular formula is C9H22N2O2. The Balaban J connectivity index is 2.99. The van der Waals surface area contributed by atoms with E-state index in [0.29, 0.717) is 6.54 Å². The lowest BCUT2D eigenvalue weighted by atomic mass is 10.3. The van der Waals surface area contributed by atoms with Crippen LogP contribution in [0.4, 0.5) is 0 Å². The highest BCUT2D eigenvalue weighted by Crippen LogP contribution is 1.88. The number of hydrogen-bond donors (Lipinski definition) is 3. The van der Waals surface area contributed by atoms with Gasteiger partial charge in [0.05, 0.1) is 12.7 Å². The second kappa shape index (κ2) is 8.44. The van der Waals surface area contributed by atoms with Crippen molar-refractivity contribution in [1.29, 1.82) is 0 Å². The van der Waals surface area contributed by atoms with Gasteiger partial charge in [0.1, 0.15) is 0 Å². The fourth-order valence-corrected chi connectivity index (χ4v) is 1.01. The summed E-state index contributed by atoms with van der Waals surface area (Å²) < 4.78 is 0. The van der Waals surface area contributed by atoms with Gasteiger partial charge >= 0.3 is 0 Å². The molecule has 0 rings (SSSR count). The molecule has 0 aliphatic heterocycles. The monoisotopic (exact) mass is 190 g/mol. The molecule has 4 heteroatoms. The maximum absolute atomic E-state index is 8.98. The molecule has 0 spiro atoms. The average molecular weight is 190 g/mol. The molecule has 0 amide bonds. The molecule has 0 radical (unpaired) electrons. The molecule has 0 saturated carbocycles. The zero-order chi connectivity index (χ0) is 10.1. The first-order valence-electron chi connectivity index (χ1n) is 4.81. The Labute approximate surface area is 80.6 Å². The Morgan fingerprint density at radius 3 is 2.54 bits per heavy atom. The van der Waals surface area contributed by atoms with Crippen molar-refractivity contribution in [3.05, 3.63) is 0 Å². The van der Waals surface area contributed by atoms with Crippen LogP contribution in [0.25, 0.3) is 0 Å². The van der Waals surface area contributed by atoms with E-state index < -0.39 is 6.10 Å². The lowest BCUT2D eigenvalue weighted by molar-refractivity contribution is 0.0945. The minimum atomic E-state index is -0.617. The average Bonchev–Trinajstić information content (AvgIpc) is 2.10. The number of aliphatic hydroxyl groups is 2. The summed E-state index contributed by atoms with van der Waals surface area (Å²) in [6, 6.07) is 0. The Kier molecular flexibility index (Phi) is 8.33. The summed E-state index contributed by atoms with van der Waals surface area (Å²) in [6.45, 7) is 2.33. The maximum atomic E-state index is 8.98. The normalized spacial score (nSPS) is 13.6. The van der Waals surface area contributed by atoms with Crippen molar-refractivity contribution in [2.24, 2.45) is 0 Å². The lowest BCUT2D eigenvalue weighted by Crippen LogP contribution is -2.30. The molecule has 0 aliphatic rings. The predicted octanol–water partition coefficient (Wildman–Crippen LogP) is -0.729. The van der Waals surface area contributed by atoms with Crippen LogP contribution in [-0.2, 0) is 0 Å². The molecule has 0 fully saturated rings. The topological polar surface area (TPSA) is 55.7 Å². The van der Waals surface area contributed by atoms with Crippen LogP contribution in [0.2, 0.25) is 0 Å². The Morgan fingerprint density at radius 2 is 2.00 bits per heavy atom. The van der Waals surface area contributed by atoms with Crippen LogP contribution in [-0.4, -0.2) is 61.6 Å². The van der Waals surface area contributed by atoms with Crippen LogP contribution in [0.3, 0.4) is 0 Å². The van der Waals surface area contributed by atoms with Gasteiger partial charge < -0.3 is 20.4 Å². The zero-order valence-electron chi connectivity index (χ0n) is 8.66. The molecule has 0 unspecified atom stereocenters. The van der Waals surface area contributed by atoms with Crippen LogP contribution in [0.5, 0.6) is 0 Å². The molecule has 0 aromatic rings. The number of nitrogens with one attached hydrogen (secondary N) is 1. The Morgan fingerprint density at radius 1 is 1.31 bits per heavy atom. The fourth-order valence-electron chi connectivity index (χ4n) is 1.01. The molecule has 0 heterocycles. The smallest absolute Gasteiger partial charge is 0.0894 e.